The number of hydrogen-bond acceptors (Lipinski definition) is 3. The molecule has 27 heavy (non-hydrogen) atoms. The van der Waals surface area contributed by atoms with Crippen LogP contribution in [0.2, 0.25) is 0 Å². The molecule has 0 bridgehead atoms. The number of halogens is 5. The molecule has 2 aromatic carbocycles. The molecule has 0 aliphatic carbocycles. The highest BCUT2D eigenvalue weighted by Gasteiger charge is 2.31. The fourth-order valence-corrected chi connectivity index (χ4v) is 2.10. The zero-order chi connectivity index (χ0) is 19.9. The van der Waals surface area contributed by atoms with Gasteiger partial charge in [0.1, 0.15) is 11.5 Å². The lowest BCUT2D eigenvalue weighted by molar-refractivity contribution is -0.274. The van der Waals surface area contributed by atoms with Crippen molar-refractivity contribution in [2.45, 2.75) is 19.5 Å². The maximum absolute atomic E-state index is 12.4. The third-order valence-electron chi connectivity index (χ3n) is 3.20. The summed E-state index contributed by atoms with van der Waals surface area (Å²) in [5, 5.41) is 2.39. The maximum Gasteiger partial charge on any atom is 0.573 e. The Kier molecular flexibility index (Phi) is 6.75. The summed E-state index contributed by atoms with van der Waals surface area (Å²) in [5.41, 5.74) is 0.367. The second-order valence-corrected chi connectivity index (χ2v) is 5.12. The van der Waals surface area contributed by atoms with Crippen LogP contribution in [0.3, 0.4) is 0 Å². The molecule has 0 fully saturated rings. The van der Waals surface area contributed by atoms with Crippen molar-refractivity contribution in [3.63, 3.8) is 0 Å². The first-order chi connectivity index (χ1) is 12.7. The van der Waals surface area contributed by atoms with Gasteiger partial charge >= 0.3 is 13.0 Å². The van der Waals surface area contributed by atoms with Crippen molar-refractivity contribution in [2.24, 2.45) is 0 Å². The molecule has 0 aliphatic rings. The van der Waals surface area contributed by atoms with Gasteiger partial charge < -0.3 is 14.8 Å². The largest absolute Gasteiger partial charge is 0.573 e. The lowest BCUT2D eigenvalue weighted by Crippen LogP contribution is -2.22. The predicted molar refractivity (Wildman–Crippen MR) is 87.1 cm³/mol. The van der Waals surface area contributed by atoms with Gasteiger partial charge in [0.05, 0.1) is 0 Å². The lowest BCUT2D eigenvalue weighted by atomic mass is 10.2. The van der Waals surface area contributed by atoms with E-state index in [1.54, 1.807) is 6.07 Å². The highest BCUT2D eigenvalue weighted by atomic mass is 19.4. The van der Waals surface area contributed by atoms with Crippen LogP contribution in [0.1, 0.15) is 11.1 Å². The molecule has 0 aliphatic heterocycles. The van der Waals surface area contributed by atoms with Crippen molar-refractivity contribution in [2.75, 3.05) is 0 Å². The average Bonchev–Trinajstić information content (AvgIpc) is 2.58. The molecule has 1 N–H and O–H groups in total. The maximum atomic E-state index is 12.4. The molecule has 0 aromatic heterocycles. The van der Waals surface area contributed by atoms with E-state index in [9.17, 15) is 26.7 Å². The van der Waals surface area contributed by atoms with E-state index in [-0.39, 0.29) is 23.4 Å². The van der Waals surface area contributed by atoms with Crippen molar-refractivity contribution in [3.8, 4) is 11.5 Å². The number of carbonyl (C=O) groups excluding carboxylic acids is 1. The van der Waals surface area contributed by atoms with Gasteiger partial charge in [-0.25, -0.2) is 0 Å². The predicted octanol–water partition coefficient (Wildman–Crippen LogP) is 4.52. The number of rotatable bonds is 7. The van der Waals surface area contributed by atoms with Gasteiger partial charge in [-0.2, -0.15) is 8.78 Å². The van der Waals surface area contributed by atoms with Gasteiger partial charge in [0, 0.05) is 23.7 Å². The highest BCUT2D eigenvalue weighted by molar-refractivity contribution is 5.92. The van der Waals surface area contributed by atoms with E-state index in [0.717, 1.165) is 12.1 Å². The topological polar surface area (TPSA) is 47.6 Å². The molecule has 0 saturated heterocycles. The average molecular weight is 387 g/mol. The number of amides is 1. The molecule has 0 heterocycles. The summed E-state index contributed by atoms with van der Waals surface area (Å²) in [7, 11) is 0. The smallest absolute Gasteiger partial charge is 0.434 e. The molecule has 0 unspecified atom stereocenters. The molecule has 9 heteroatoms. The summed E-state index contributed by atoms with van der Waals surface area (Å²) in [4.78, 5) is 11.9. The fourth-order valence-electron chi connectivity index (χ4n) is 2.10. The van der Waals surface area contributed by atoms with Gasteiger partial charge in [-0.15, -0.1) is 13.2 Å². The molecule has 2 rings (SSSR count). The zero-order valence-corrected chi connectivity index (χ0v) is 13.7. The van der Waals surface area contributed by atoms with Crippen LogP contribution in [0.4, 0.5) is 22.0 Å². The highest BCUT2D eigenvalue weighted by Crippen LogP contribution is 2.26. The van der Waals surface area contributed by atoms with Crippen LogP contribution >= 0.6 is 0 Å². The van der Waals surface area contributed by atoms with E-state index in [2.05, 4.69) is 14.8 Å². The zero-order valence-electron chi connectivity index (χ0n) is 13.7. The summed E-state index contributed by atoms with van der Waals surface area (Å²) >= 11 is 0. The Balaban J connectivity index is 2.01. The van der Waals surface area contributed by atoms with Gasteiger partial charge in [-0.05, 0) is 18.2 Å². The van der Waals surface area contributed by atoms with Crippen LogP contribution in [-0.4, -0.2) is 18.9 Å². The molecule has 0 atom stereocenters. The molecular weight excluding hydrogens is 373 g/mol. The quantitative estimate of drug-likeness (QED) is 0.562. The number of ether oxygens (including phenoxy) is 2. The molecule has 1 amide bonds. The van der Waals surface area contributed by atoms with Gasteiger partial charge in [-0.3, -0.25) is 4.79 Å². The number of alkyl halides is 5. The number of para-hydroxylation sites is 2. The second-order valence-electron chi connectivity index (χ2n) is 5.12. The van der Waals surface area contributed by atoms with Crippen molar-refractivity contribution >= 4 is 12.0 Å². The number of nitrogens with one attached hydrogen (secondary N) is 1. The van der Waals surface area contributed by atoms with Crippen LogP contribution in [0.5, 0.6) is 11.5 Å². The summed E-state index contributed by atoms with van der Waals surface area (Å²) in [6.45, 7) is -3.23. The summed E-state index contributed by atoms with van der Waals surface area (Å²) in [6.07, 6.45) is -2.54. The van der Waals surface area contributed by atoms with Gasteiger partial charge in [0.2, 0.25) is 5.91 Å². The van der Waals surface area contributed by atoms with Gasteiger partial charge in [0.25, 0.3) is 0 Å². The fraction of sp³-hybridized carbons (Fsp3) is 0.167. The van der Waals surface area contributed by atoms with E-state index in [0.29, 0.717) is 0 Å². The summed E-state index contributed by atoms with van der Waals surface area (Å²) in [5.74, 6) is -1.17. The van der Waals surface area contributed by atoms with E-state index >= 15 is 0 Å². The number of hydrogen-bond donors (Lipinski definition) is 1. The summed E-state index contributed by atoms with van der Waals surface area (Å²) < 4.78 is 70.0. The Morgan fingerprint density at radius 2 is 1.67 bits per heavy atom. The molecule has 0 spiro atoms. The Morgan fingerprint density at radius 1 is 1.04 bits per heavy atom. The van der Waals surface area contributed by atoms with Crippen LogP contribution < -0.4 is 14.8 Å². The molecule has 144 valence electrons. The first kappa shape index (κ1) is 20.2. The first-order valence-electron chi connectivity index (χ1n) is 7.58. The minimum Gasteiger partial charge on any atom is -0.434 e. The van der Waals surface area contributed by atoms with E-state index in [1.165, 1.54) is 42.5 Å². The SMILES string of the molecule is O=C(/C=C/c1ccccc1OC(F)F)NCc1ccccc1OC(F)(F)F. The lowest BCUT2D eigenvalue weighted by Gasteiger charge is -2.13. The monoisotopic (exact) mass is 387 g/mol. The van der Waals surface area contributed by atoms with E-state index < -0.39 is 24.6 Å². The molecule has 0 saturated carbocycles. The number of carbonyl (C=O) groups is 1. The van der Waals surface area contributed by atoms with E-state index in [4.69, 9.17) is 0 Å². The Hall–Kier alpha value is -3.10. The molecule has 0 radical (unpaired) electrons. The van der Waals surface area contributed by atoms with E-state index in [1.807, 2.05) is 0 Å². The normalized spacial score (nSPS) is 11.6. The third kappa shape index (κ3) is 6.96. The van der Waals surface area contributed by atoms with Crippen molar-refractivity contribution < 1.29 is 36.2 Å². The number of benzene rings is 2. The van der Waals surface area contributed by atoms with Crippen molar-refractivity contribution in [1.29, 1.82) is 0 Å². The third-order valence-corrected chi connectivity index (χ3v) is 3.20. The standard InChI is InChI=1S/C18H14F5NO3/c19-17(20)26-14-7-3-1-5-12(14)9-10-16(25)24-11-13-6-2-4-8-15(13)27-18(21,22)23/h1-10,17H,11H2,(H,24,25)/b10-9+. The first-order valence-corrected chi connectivity index (χ1v) is 7.58. The van der Waals surface area contributed by atoms with Crippen LogP contribution in [0.15, 0.2) is 54.6 Å². The minimum absolute atomic E-state index is 0.111. The summed E-state index contributed by atoms with van der Waals surface area (Å²) in [6, 6.07) is 11.2. The second kappa shape index (κ2) is 9.02. The van der Waals surface area contributed by atoms with Crippen molar-refractivity contribution in [3.05, 3.63) is 65.7 Å². The van der Waals surface area contributed by atoms with Crippen molar-refractivity contribution in [1.82, 2.24) is 5.32 Å². The minimum atomic E-state index is -4.85. The van der Waals surface area contributed by atoms with Crippen LogP contribution in [0, 0.1) is 0 Å². The molecule has 4 nitrogen and oxygen atoms in total. The Bertz CT molecular complexity index is 806. The van der Waals surface area contributed by atoms with Crippen LogP contribution in [-0.2, 0) is 11.3 Å². The van der Waals surface area contributed by atoms with Gasteiger partial charge in [0.15, 0.2) is 0 Å². The van der Waals surface area contributed by atoms with Crippen LogP contribution in [0.25, 0.3) is 6.08 Å². The molecular formula is C18H14F5NO3. The Labute approximate surface area is 151 Å². The molecule has 2 aromatic rings. The van der Waals surface area contributed by atoms with Gasteiger partial charge in [-0.1, -0.05) is 36.4 Å². The Morgan fingerprint density at radius 3 is 2.33 bits per heavy atom.